The zero-order valence-electron chi connectivity index (χ0n) is 14.3. The third-order valence-corrected chi connectivity index (χ3v) is 4.86. The van der Waals surface area contributed by atoms with E-state index in [1.807, 2.05) is 50.2 Å². The number of benzene rings is 1. The summed E-state index contributed by atoms with van der Waals surface area (Å²) in [6.07, 6.45) is 3.29. The SMILES string of the molecule is CCNC(=O)CN(CC)C(=O)C=Cc1ccc(-c2cccc(Cl)c2)s1. The first kappa shape index (κ1) is 19.2. The fraction of sp³-hybridized carbons (Fsp3) is 0.263. The Hall–Kier alpha value is -2.11. The fourth-order valence-electron chi connectivity index (χ4n) is 2.27. The minimum absolute atomic E-state index is 0.0751. The summed E-state index contributed by atoms with van der Waals surface area (Å²) in [4.78, 5) is 27.5. The highest BCUT2D eigenvalue weighted by Gasteiger charge is 2.12. The van der Waals surface area contributed by atoms with Crippen LogP contribution in [0.5, 0.6) is 0 Å². The lowest BCUT2D eigenvalue weighted by molar-refractivity contribution is -0.132. The van der Waals surface area contributed by atoms with Gasteiger partial charge in [-0.25, -0.2) is 0 Å². The smallest absolute Gasteiger partial charge is 0.247 e. The van der Waals surface area contributed by atoms with Gasteiger partial charge in [0.2, 0.25) is 11.8 Å². The number of rotatable bonds is 7. The molecule has 0 fully saturated rings. The van der Waals surface area contributed by atoms with Crippen LogP contribution in [-0.2, 0) is 9.59 Å². The van der Waals surface area contributed by atoms with Crippen LogP contribution in [0.2, 0.25) is 5.02 Å². The molecule has 1 aromatic heterocycles. The van der Waals surface area contributed by atoms with Crippen molar-refractivity contribution in [1.29, 1.82) is 0 Å². The normalized spacial score (nSPS) is 10.8. The van der Waals surface area contributed by atoms with Crippen molar-refractivity contribution in [1.82, 2.24) is 10.2 Å². The zero-order valence-corrected chi connectivity index (χ0v) is 15.9. The Bertz CT molecular complexity index is 770. The Morgan fingerprint density at radius 2 is 2.04 bits per heavy atom. The second-order valence-corrected chi connectivity index (χ2v) is 6.90. The van der Waals surface area contributed by atoms with Crippen LogP contribution in [0.25, 0.3) is 16.5 Å². The molecular formula is C19H21ClN2O2S. The molecule has 2 aromatic rings. The summed E-state index contributed by atoms with van der Waals surface area (Å²) in [5, 5.41) is 3.40. The van der Waals surface area contributed by atoms with Crippen LogP contribution in [0, 0.1) is 0 Å². The van der Waals surface area contributed by atoms with Gasteiger partial charge in [0.1, 0.15) is 0 Å². The Labute approximate surface area is 157 Å². The van der Waals surface area contributed by atoms with E-state index in [1.54, 1.807) is 17.4 Å². The molecule has 1 aromatic carbocycles. The summed E-state index contributed by atoms with van der Waals surface area (Å²) in [7, 11) is 0. The van der Waals surface area contributed by atoms with Crippen LogP contribution in [0.3, 0.4) is 0 Å². The van der Waals surface area contributed by atoms with Crippen molar-refractivity contribution in [2.45, 2.75) is 13.8 Å². The van der Waals surface area contributed by atoms with Gasteiger partial charge in [-0.15, -0.1) is 11.3 Å². The molecule has 2 rings (SSSR count). The molecule has 1 heterocycles. The monoisotopic (exact) mass is 376 g/mol. The van der Waals surface area contributed by atoms with Gasteiger partial charge >= 0.3 is 0 Å². The minimum atomic E-state index is -0.175. The lowest BCUT2D eigenvalue weighted by atomic mass is 10.2. The van der Waals surface area contributed by atoms with Gasteiger partial charge in [-0.1, -0.05) is 23.7 Å². The van der Waals surface area contributed by atoms with Crippen LogP contribution in [0.4, 0.5) is 0 Å². The summed E-state index contributed by atoms with van der Waals surface area (Å²) < 4.78 is 0. The second kappa shape index (κ2) is 9.39. The summed E-state index contributed by atoms with van der Waals surface area (Å²) in [5.74, 6) is -0.322. The predicted octanol–water partition coefficient (Wildman–Crippen LogP) is 4.07. The quantitative estimate of drug-likeness (QED) is 0.740. The first-order valence-corrected chi connectivity index (χ1v) is 9.32. The molecule has 0 aliphatic heterocycles. The van der Waals surface area contributed by atoms with Crippen molar-refractivity contribution in [3.05, 3.63) is 52.4 Å². The van der Waals surface area contributed by atoms with E-state index in [1.165, 1.54) is 11.0 Å². The molecule has 25 heavy (non-hydrogen) atoms. The number of carbonyl (C=O) groups excluding carboxylic acids is 2. The van der Waals surface area contributed by atoms with Gasteiger partial charge in [-0.05, 0) is 49.8 Å². The van der Waals surface area contributed by atoms with Gasteiger partial charge < -0.3 is 10.2 Å². The Morgan fingerprint density at radius 3 is 2.72 bits per heavy atom. The Balaban J connectivity index is 2.03. The predicted molar refractivity (Wildman–Crippen MR) is 105 cm³/mol. The van der Waals surface area contributed by atoms with E-state index in [9.17, 15) is 9.59 Å². The fourth-order valence-corrected chi connectivity index (χ4v) is 3.37. The van der Waals surface area contributed by atoms with Gasteiger partial charge in [-0.2, -0.15) is 0 Å². The third-order valence-electron chi connectivity index (χ3n) is 3.53. The minimum Gasteiger partial charge on any atom is -0.355 e. The largest absolute Gasteiger partial charge is 0.355 e. The van der Waals surface area contributed by atoms with Crippen molar-refractivity contribution in [3.63, 3.8) is 0 Å². The number of carbonyl (C=O) groups is 2. The molecule has 2 amide bonds. The lowest BCUT2D eigenvalue weighted by Crippen LogP contribution is -2.39. The highest BCUT2D eigenvalue weighted by Crippen LogP contribution is 2.30. The number of thiophene rings is 1. The summed E-state index contributed by atoms with van der Waals surface area (Å²) in [6.45, 7) is 4.82. The molecule has 1 N–H and O–H groups in total. The maximum Gasteiger partial charge on any atom is 0.247 e. The van der Waals surface area contributed by atoms with Crippen LogP contribution in [-0.4, -0.2) is 36.3 Å². The average molecular weight is 377 g/mol. The molecular weight excluding hydrogens is 356 g/mol. The topological polar surface area (TPSA) is 49.4 Å². The summed E-state index contributed by atoms with van der Waals surface area (Å²) in [6, 6.07) is 11.6. The molecule has 0 radical (unpaired) electrons. The number of hydrogen-bond acceptors (Lipinski definition) is 3. The van der Waals surface area contributed by atoms with E-state index in [4.69, 9.17) is 11.6 Å². The first-order valence-electron chi connectivity index (χ1n) is 8.13. The third kappa shape index (κ3) is 5.73. The van der Waals surface area contributed by atoms with Gasteiger partial charge in [0, 0.05) is 33.9 Å². The standard InChI is InChI=1S/C19H21ClN2O2S/c1-3-21-18(23)13-22(4-2)19(24)11-9-16-8-10-17(25-16)14-6-5-7-15(20)12-14/h5-12H,3-4,13H2,1-2H3,(H,21,23). The van der Waals surface area contributed by atoms with Crippen molar-refractivity contribution in [2.24, 2.45) is 0 Å². The molecule has 4 nitrogen and oxygen atoms in total. The number of amides is 2. The summed E-state index contributed by atoms with van der Waals surface area (Å²) >= 11 is 7.61. The van der Waals surface area contributed by atoms with E-state index in [0.29, 0.717) is 18.1 Å². The molecule has 0 bridgehead atoms. The van der Waals surface area contributed by atoms with Crippen LogP contribution in [0.15, 0.2) is 42.5 Å². The number of nitrogens with one attached hydrogen (secondary N) is 1. The van der Waals surface area contributed by atoms with E-state index in [-0.39, 0.29) is 18.4 Å². The van der Waals surface area contributed by atoms with Crippen LogP contribution in [0.1, 0.15) is 18.7 Å². The number of halogens is 1. The lowest BCUT2D eigenvalue weighted by Gasteiger charge is -2.18. The van der Waals surface area contributed by atoms with Crippen molar-refractivity contribution < 1.29 is 9.59 Å². The molecule has 0 aliphatic rings. The highest BCUT2D eigenvalue weighted by atomic mass is 35.5. The summed E-state index contributed by atoms with van der Waals surface area (Å²) in [5.41, 5.74) is 1.05. The zero-order chi connectivity index (χ0) is 18.2. The van der Waals surface area contributed by atoms with Gasteiger partial charge in [-0.3, -0.25) is 9.59 Å². The molecule has 0 atom stereocenters. The Morgan fingerprint density at radius 1 is 1.24 bits per heavy atom. The number of hydrogen-bond donors (Lipinski definition) is 1. The first-order chi connectivity index (χ1) is 12.0. The van der Waals surface area contributed by atoms with Gasteiger partial charge in [0.15, 0.2) is 0 Å². The molecule has 132 valence electrons. The van der Waals surface area contributed by atoms with E-state index < -0.39 is 0 Å². The van der Waals surface area contributed by atoms with Crippen LogP contribution >= 0.6 is 22.9 Å². The maximum absolute atomic E-state index is 12.3. The van der Waals surface area contributed by atoms with Crippen LogP contribution < -0.4 is 5.32 Å². The van der Waals surface area contributed by atoms with Gasteiger partial charge in [0.05, 0.1) is 6.54 Å². The molecule has 0 unspecified atom stereocenters. The van der Waals surface area contributed by atoms with E-state index in [2.05, 4.69) is 5.32 Å². The van der Waals surface area contributed by atoms with Crippen molar-refractivity contribution in [3.8, 4) is 10.4 Å². The highest BCUT2D eigenvalue weighted by molar-refractivity contribution is 7.16. The van der Waals surface area contributed by atoms with Crippen molar-refractivity contribution in [2.75, 3.05) is 19.6 Å². The van der Waals surface area contributed by atoms with E-state index >= 15 is 0 Å². The van der Waals surface area contributed by atoms with Crippen molar-refractivity contribution >= 4 is 40.8 Å². The second-order valence-electron chi connectivity index (χ2n) is 5.35. The van der Waals surface area contributed by atoms with Gasteiger partial charge in [0.25, 0.3) is 0 Å². The molecule has 0 spiro atoms. The average Bonchev–Trinajstić information content (AvgIpc) is 3.07. The molecule has 0 saturated heterocycles. The molecule has 6 heteroatoms. The molecule has 0 aliphatic carbocycles. The Kier molecular flexibility index (Phi) is 7.22. The number of likely N-dealkylation sites (N-methyl/N-ethyl adjacent to an activating group) is 2. The molecule has 0 saturated carbocycles. The maximum atomic E-state index is 12.3. The number of nitrogens with zero attached hydrogens (tertiary/aromatic N) is 1. The van der Waals surface area contributed by atoms with E-state index in [0.717, 1.165) is 15.3 Å².